The van der Waals surface area contributed by atoms with E-state index >= 15 is 0 Å². The Bertz CT molecular complexity index is 2420. The maximum Gasteiger partial charge on any atom is 0.408 e. The molecule has 4 aliphatic rings. The van der Waals surface area contributed by atoms with Crippen molar-refractivity contribution in [1.29, 1.82) is 0 Å². The third-order valence-corrected chi connectivity index (χ3v) is 13.6. The summed E-state index contributed by atoms with van der Waals surface area (Å²) in [6.45, 7) is 9.10. The fraction of sp³-hybridized carbons (Fsp3) is 0.488. The number of benzene rings is 2. The zero-order valence-electron chi connectivity index (χ0n) is 32.0. The molecular formula is C41H46ClN5O9S. The number of amides is 4. The number of carbonyl (C=O) groups excluding carboxylic acids is 4. The summed E-state index contributed by atoms with van der Waals surface area (Å²) in [4.78, 5) is 62.2. The molecule has 0 radical (unpaired) electrons. The smallest absolute Gasteiger partial charge is 0.408 e. The summed E-state index contributed by atoms with van der Waals surface area (Å²) >= 11 is 6.47. The molecule has 14 nitrogen and oxygen atoms in total. The van der Waals surface area contributed by atoms with Gasteiger partial charge in [-0.25, -0.2) is 18.2 Å². The largest absolute Gasteiger partial charge is 0.472 e. The molecular weight excluding hydrogens is 774 g/mol. The Morgan fingerprint density at radius 3 is 2.46 bits per heavy atom. The van der Waals surface area contributed by atoms with Crippen LogP contribution in [0.3, 0.4) is 0 Å². The molecule has 4 aromatic rings. The summed E-state index contributed by atoms with van der Waals surface area (Å²) in [5, 5.41) is 7.40. The third kappa shape index (κ3) is 7.51. The van der Waals surface area contributed by atoms with Gasteiger partial charge in [-0.2, -0.15) is 0 Å². The molecule has 8 rings (SSSR count). The van der Waals surface area contributed by atoms with Crippen LogP contribution in [0.1, 0.15) is 72.1 Å². The van der Waals surface area contributed by atoms with Gasteiger partial charge in [-0.3, -0.25) is 19.1 Å². The van der Waals surface area contributed by atoms with Gasteiger partial charge in [0, 0.05) is 33.5 Å². The quantitative estimate of drug-likeness (QED) is 0.154. The summed E-state index contributed by atoms with van der Waals surface area (Å²) in [5.41, 5.74) is -0.658. The van der Waals surface area contributed by atoms with E-state index in [9.17, 15) is 27.6 Å². The van der Waals surface area contributed by atoms with Gasteiger partial charge in [-0.1, -0.05) is 50.6 Å². The van der Waals surface area contributed by atoms with Gasteiger partial charge in [0.2, 0.25) is 27.7 Å². The van der Waals surface area contributed by atoms with Crippen LogP contribution in [0.4, 0.5) is 4.79 Å². The monoisotopic (exact) mass is 819 g/mol. The van der Waals surface area contributed by atoms with E-state index in [-0.39, 0.29) is 31.4 Å². The molecule has 5 atom stereocenters. The van der Waals surface area contributed by atoms with Crippen LogP contribution in [0.2, 0.25) is 5.02 Å². The lowest BCUT2D eigenvalue weighted by Crippen LogP contribution is -2.60. The van der Waals surface area contributed by atoms with E-state index in [0.29, 0.717) is 45.3 Å². The third-order valence-electron chi connectivity index (χ3n) is 11.6. The molecule has 57 heavy (non-hydrogen) atoms. The second-order valence-corrected chi connectivity index (χ2v) is 19.2. The summed E-state index contributed by atoms with van der Waals surface area (Å²) in [7, 11) is -3.92. The van der Waals surface area contributed by atoms with Crippen LogP contribution in [0.25, 0.3) is 32.8 Å². The molecule has 4 fully saturated rings. The van der Waals surface area contributed by atoms with Crippen molar-refractivity contribution in [3.8, 4) is 5.88 Å². The van der Waals surface area contributed by atoms with Crippen LogP contribution in [0.5, 0.6) is 5.88 Å². The highest BCUT2D eigenvalue weighted by atomic mass is 35.5. The topological polar surface area (TPSA) is 186 Å². The first kappa shape index (κ1) is 39.0. The molecule has 0 unspecified atom stereocenters. The minimum absolute atomic E-state index is 0.0221. The van der Waals surface area contributed by atoms with Gasteiger partial charge in [0.1, 0.15) is 40.9 Å². The Hall–Kier alpha value is -4.89. The standard InChI is InChI=1S/C41H46ClN5O9S/c1-5-22-20-41(22,38(50)46-57(52,53)26-15-16-26)45-35(48)30-19-25(21-47(30)37(49)34(40(2,3)4)44-39(51)55-24-10-6-7-11-24)54-36-29-18-23(42)14-17-27(29)33-32(43-36)28-12-8-9-13-31(28)56-33/h5,8-9,12-14,17-18,22,24-26,30,34H,1,6-7,10-11,15-16,19-21H2,2-4H3,(H,44,51)(H,45,48)(H,46,50)/t22-,25-,30+,34-,41-/m1/s1. The van der Waals surface area contributed by atoms with Crippen LogP contribution < -0.4 is 20.1 Å². The number of alkyl carbamates (subject to hydrolysis) is 1. The Kier molecular flexibility index (Phi) is 9.90. The van der Waals surface area contributed by atoms with E-state index in [4.69, 9.17) is 30.5 Å². The zero-order valence-corrected chi connectivity index (χ0v) is 33.6. The van der Waals surface area contributed by atoms with Crippen molar-refractivity contribution < 1.29 is 41.5 Å². The Morgan fingerprint density at radius 1 is 1.04 bits per heavy atom. The minimum atomic E-state index is -3.92. The number of sulfonamides is 1. The van der Waals surface area contributed by atoms with Crippen molar-refractivity contribution in [3.05, 3.63) is 60.1 Å². The Morgan fingerprint density at radius 2 is 1.77 bits per heavy atom. The van der Waals surface area contributed by atoms with Crippen LogP contribution in [0.15, 0.2) is 59.5 Å². The lowest BCUT2D eigenvalue weighted by atomic mass is 9.85. The molecule has 3 N–H and O–H groups in total. The van der Waals surface area contributed by atoms with E-state index in [1.165, 1.54) is 11.0 Å². The molecule has 2 aromatic carbocycles. The number of furan rings is 1. The Balaban J connectivity index is 1.12. The normalized spacial score (nSPS) is 24.4. The molecule has 3 heterocycles. The number of nitrogens with zero attached hydrogens (tertiary/aromatic N) is 2. The molecule has 1 aliphatic heterocycles. The van der Waals surface area contributed by atoms with Gasteiger partial charge < -0.3 is 29.4 Å². The van der Waals surface area contributed by atoms with Crippen LogP contribution >= 0.6 is 11.6 Å². The fourth-order valence-corrected chi connectivity index (χ4v) is 9.68. The van der Waals surface area contributed by atoms with Crippen molar-refractivity contribution in [2.75, 3.05) is 6.54 Å². The van der Waals surface area contributed by atoms with Crippen LogP contribution in [-0.4, -0.2) is 83.7 Å². The molecule has 0 bridgehead atoms. The number of para-hydroxylation sites is 1. The number of hydrogen-bond acceptors (Lipinski definition) is 10. The molecule has 2 aromatic heterocycles. The van der Waals surface area contributed by atoms with E-state index in [1.54, 1.807) is 32.9 Å². The second kappa shape index (κ2) is 14.5. The minimum Gasteiger partial charge on any atom is -0.472 e. The highest BCUT2D eigenvalue weighted by molar-refractivity contribution is 7.91. The molecule has 302 valence electrons. The molecule has 3 saturated carbocycles. The van der Waals surface area contributed by atoms with Crippen molar-refractivity contribution in [2.24, 2.45) is 11.3 Å². The number of carbonyl (C=O) groups is 4. The maximum atomic E-state index is 14.7. The zero-order chi connectivity index (χ0) is 40.4. The van der Waals surface area contributed by atoms with Gasteiger partial charge in [0.15, 0.2) is 5.58 Å². The van der Waals surface area contributed by atoms with Crippen LogP contribution in [-0.2, 0) is 29.1 Å². The van der Waals surface area contributed by atoms with E-state index in [0.717, 1.165) is 31.1 Å². The number of halogens is 1. The maximum absolute atomic E-state index is 14.7. The average Bonchev–Trinajstić information content (AvgIpc) is 3.98. The fourth-order valence-electron chi connectivity index (χ4n) is 8.14. The van der Waals surface area contributed by atoms with Crippen LogP contribution in [0, 0.1) is 11.3 Å². The van der Waals surface area contributed by atoms with E-state index in [1.807, 2.05) is 30.3 Å². The summed E-state index contributed by atoms with van der Waals surface area (Å²) in [6, 6.07) is 10.4. The number of nitrogens with one attached hydrogen (secondary N) is 3. The van der Waals surface area contributed by atoms with E-state index < -0.39 is 74.1 Å². The number of aromatic nitrogens is 1. The van der Waals surface area contributed by atoms with Gasteiger partial charge >= 0.3 is 6.09 Å². The number of pyridine rings is 1. The van der Waals surface area contributed by atoms with Crippen molar-refractivity contribution >= 4 is 78.3 Å². The SMILES string of the molecule is C=C[C@@H]1C[C@]1(NC(=O)[C@@H]1C[C@@H](Oc2nc3c4ccccc4oc3c3ccc(Cl)cc23)CN1C(=O)[C@@H](NC(=O)OC1CCCC1)C(C)(C)C)C(=O)NS(=O)(=O)C1CC1. The number of hydrogen-bond donors (Lipinski definition) is 3. The van der Waals surface area contributed by atoms with Crippen molar-refractivity contribution in [1.82, 2.24) is 25.2 Å². The van der Waals surface area contributed by atoms with Gasteiger partial charge in [0.25, 0.3) is 5.91 Å². The first-order valence-electron chi connectivity index (χ1n) is 19.4. The molecule has 0 spiro atoms. The average molecular weight is 820 g/mol. The van der Waals surface area contributed by atoms with E-state index in [2.05, 4.69) is 21.9 Å². The molecule has 1 saturated heterocycles. The Labute approximate surface area is 335 Å². The van der Waals surface area contributed by atoms with Gasteiger partial charge in [0.05, 0.1) is 11.8 Å². The highest BCUT2D eigenvalue weighted by Gasteiger charge is 2.62. The number of ether oxygens (including phenoxy) is 2. The number of rotatable bonds is 11. The van der Waals surface area contributed by atoms with Gasteiger partial charge in [-0.05, 0) is 80.7 Å². The summed E-state index contributed by atoms with van der Waals surface area (Å²) in [6.07, 6.45) is 4.12. The second-order valence-electron chi connectivity index (χ2n) is 16.8. The lowest BCUT2D eigenvalue weighted by Gasteiger charge is -2.35. The highest BCUT2D eigenvalue weighted by Crippen LogP contribution is 2.46. The summed E-state index contributed by atoms with van der Waals surface area (Å²) < 4.78 is 46.2. The van der Waals surface area contributed by atoms with Crippen molar-refractivity contribution in [3.63, 3.8) is 0 Å². The lowest BCUT2D eigenvalue weighted by molar-refractivity contribution is -0.143. The number of likely N-dealkylation sites (tertiary alicyclic amines) is 1. The first-order chi connectivity index (χ1) is 27.1. The van der Waals surface area contributed by atoms with Crippen molar-refractivity contribution in [2.45, 2.75) is 107 Å². The van der Waals surface area contributed by atoms with Gasteiger partial charge in [-0.15, -0.1) is 6.58 Å². The predicted octanol–water partition coefficient (Wildman–Crippen LogP) is 5.89. The number of fused-ring (bicyclic) bond motifs is 5. The predicted molar refractivity (Wildman–Crippen MR) is 213 cm³/mol. The molecule has 3 aliphatic carbocycles. The summed E-state index contributed by atoms with van der Waals surface area (Å²) in [5.74, 6) is -2.42. The molecule has 16 heteroatoms. The molecule has 4 amide bonds. The first-order valence-corrected chi connectivity index (χ1v) is 21.4.